The van der Waals surface area contributed by atoms with Gasteiger partial charge in [-0.2, -0.15) is 10.4 Å². The van der Waals surface area contributed by atoms with Crippen LogP contribution in [0.5, 0.6) is 5.75 Å². The predicted octanol–water partition coefficient (Wildman–Crippen LogP) is 1.52. The summed E-state index contributed by atoms with van der Waals surface area (Å²) >= 11 is 0. The maximum Gasteiger partial charge on any atom is 0.245 e. The fourth-order valence-corrected chi connectivity index (χ4v) is 4.92. The van der Waals surface area contributed by atoms with Gasteiger partial charge in [0.15, 0.2) is 6.21 Å². The van der Waals surface area contributed by atoms with E-state index in [9.17, 15) is 14.9 Å². The van der Waals surface area contributed by atoms with Gasteiger partial charge < -0.3 is 14.5 Å². The Balaban J connectivity index is 1.27. The summed E-state index contributed by atoms with van der Waals surface area (Å²) in [5.41, 5.74) is 2.84. The zero-order valence-electron chi connectivity index (χ0n) is 19.5. The number of rotatable bonds is 5. The van der Waals surface area contributed by atoms with Gasteiger partial charge in [0.25, 0.3) is 0 Å². The van der Waals surface area contributed by atoms with Crippen LogP contribution >= 0.6 is 0 Å². The topological polar surface area (TPSA) is 106 Å². The Morgan fingerprint density at radius 3 is 2.89 bits per heavy atom. The number of fused-ring (bicyclic) bond motifs is 1. The molecule has 0 saturated carbocycles. The molecule has 5 rings (SSSR count). The molecule has 10 heteroatoms. The molecule has 0 N–H and O–H groups in total. The van der Waals surface area contributed by atoms with E-state index in [4.69, 9.17) is 4.74 Å². The number of aromatic nitrogens is 2. The molecule has 2 amide bonds. The van der Waals surface area contributed by atoms with Crippen molar-refractivity contribution in [2.45, 2.75) is 12.8 Å². The highest BCUT2D eigenvalue weighted by Crippen LogP contribution is 2.28. The Kier molecular flexibility index (Phi) is 5.91. The molecule has 35 heavy (non-hydrogen) atoms. The van der Waals surface area contributed by atoms with Gasteiger partial charge in [0.2, 0.25) is 18.0 Å². The van der Waals surface area contributed by atoms with E-state index < -0.39 is 0 Å². The van der Waals surface area contributed by atoms with Crippen LogP contribution in [-0.4, -0.2) is 81.6 Å². The third-order valence-electron chi connectivity index (χ3n) is 6.78. The van der Waals surface area contributed by atoms with Gasteiger partial charge in [-0.05, 0) is 30.1 Å². The first-order valence-electron chi connectivity index (χ1n) is 11.6. The van der Waals surface area contributed by atoms with Crippen LogP contribution in [0.15, 0.2) is 42.4 Å². The smallest absolute Gasteiger partial charge is 0.245 e. The number of amides is 2. The fourth-order valence-electron chi connectivity index (χ4n) is 4.92. The minimum Gasteiger partial charge on any atom is -0.494 e. The van der Waals surface area contributed by atoms with E-state index in [1.807, 2.05) is 29.6 Å². The van der Waals surface area contributed by atoms with Crippen LogP contribution in [0.4, 0.5) is 0 Å². The van der Waals surface area contributed by atoms with Crippen molar-refractivity contribution in [3.63, 3.8) is 0 Å². The van der Waals surface area contributed by atoms with Gasteiger partial charge >= 0.3 is 0 Å². The summed E-state index contributed by atoms with van der Waals surface area (Å²) in [7, 11) is 1.57. The molecule has 3 aliphatic rings. The first-order valence-corrected chi connectivity index (χ1v) is 11.6. The second kappa shape index (κ2) is 9.18. The average molecular weight is 473 g/mol. The molecule has 2 aromatic rings. The highest BCUT2D eigenvalue weighted by molar-refractivity contribution is 6.10. The Hall–Kier alpha value is -4.26. The average Bonchev–Trinajstić information content (AvgIpc) is 3.68. The molecule has 10 nitrogen and oxygen atoms in total. The Labute approximate surface area is 202 Å². The van der Waals surface area contributed by atoms with E-state index in [-0.39, 0.29) is 23.7 Å². The molecule has 0 aromatic carbocycles. The molecule has 1 unspecified atom stereocenters. The Morgan fingerprint density at radius 2 is 2.11 bits per heavy atom. The number of likely N-dealkylation sites (tertiary alicyclic amines) is 2. The minimum atomic E-state index is -0.136. The number of hydrogen-bond acceptors (Lipinski definition) is 6. The lowest BCUT2D eigenvalue weighted by atomic mass is 10.1. The maximum absolute atomic E-state index is 13.0. The monoisotopic (exact) mass is 472 g/mol. The number of carbonyl (C=O) groups is 2. The van der Waals surface area contributed by atoms with Gasteiger partial charge in [0, 0.05) is 37.9 Å². The van der Waals surface area contributed by atoms with Crippen LogP contribution < -0.4 is 4.74 Å². The summed E-state index contributed by atoms with van der Waals surface area (Å²) in [6.07, 6.45) is 12.0. The fraction of sp³-hybridized carbons (Fsp3) is 0.360. The molecule has 0 spiro atoms. The molecule has 2 saturated heterocycles. The maximum atomic E-state index is 13.0. The number of hydrazone groups is 1. The van der Waals surface area contributed by atoms with E-state index in [2.05, 4.69) is 22.8 Å². The largest absolute Gasteiger partial charge is 0.494 e. The number of methoxy groups -OCH3 is 1. The first-order chi connectivity index (χ1) is 17.0. The summed E-state index contributed by atoms with van der Waals surface area (Å²) in [5, 5.41) is 18.1. The number of allylic oxidation sites excluding steroid dienone is 1. The third-order valence-corrected chi connectivity index (χ3v) is 6.78. The summed E-state index contributed by atoms with van der Waals surface area (Å²) in [6.45, 7) is 5.95. The lowest BCUT2D eigenvalue weighted by molar-refractivity contribution is -0.454. The quantitative estimate of drug-likeness (QED) is 0.485. The van der Waals surface area contributed by atoms with Crippen molar-refractivity contribution in [2.75, 3.05) is 33.3 Å². The second-order valence-corrected chi connectivity index (χ2v) is 8.93. The molecule has 2 atom stereocenters. The summed E-state index contributed by atoms with van der Waals surface area (Å²) in [5.74, 6) is 0.636. The predicted molar refractivity (Wildman–Crippen MR) is 129 cm³/mol. The van der Waals surface area contributed by atoms with Crippen LogP contribution in [0.1, 0.15) is 24.0 Å². The van der Waals surface area contributed by atoms with Crippen LogP contribution in [0.25, 0.3) is 11.1 Å². The molecule has 178 valence electrons. The highest BCUT2D eigenvalue weighted by Gasteiger charge is 2.36. The molecule has 0 radical (unpaired) electrons. The van der Waals surface area contributed by atoms with Crippen molar-refractivity contribution in [3.05, 3.63) is 48.4 Å². The van der Waals surface area contributed by atoms with Crippen molar-refractivity contribution in [2.24, 2.45) is 16.9 Å². The highest BCUT2D eigenvalue weighted by atomic mass is 16.5. The lowest BCUT2D eigenvalue weighted by Gasteiger charge is -2.20. The molecule has 3 aliphatic heterocycles. The minimum absolute atomic E-state index is 0.114. The number of nitriles is 1. The van der Waals surface area contributed by atoms with Gasteiger partial charge in [0.1, 0.15) is 29.1 Å². The third kappa shape index (κ3) is 4.21. The van der Waals surface area contributed by atoms with Crippen molar-refractivity contribution < 1.29 is 19.0 Å². The zero-order chi connectivity index (χ0) is 24.5. The zero-order valence-corrected chi connectivity index (χ0v) is 19.5. The van der Waals surface area contributed by atoms with Crippen molar-refractivity contribution in [3.8, 4) is 11.8 Å². The number of hydrogen-bond donors (Lipinski definition) is 0. The van der Waals surface area contributed by atoms with Gasteiger partial charge in [-0.25, -0.2) is 4.52 Å². The van der Waals surface area contributed by atoms with Crippen molar-refractivity contribution >= 4 is 35.3 Å². The van der Waals surface area contributed by atoms with Gasteiger partial charge in [-0.3, -0.25) is 9.59 Å². The van der Waals surface area contributed by atoms with Gasteiger partial charge in [0.05, 0.1) is 30.7 Å². The number of ether oxygens (including phenoxy) is 1. The van der Waals surface area contributed by atoms with E-state index >= 15 is 0 Å². The Morgan fingerprint density at radius 1 is 1.29 bits per heavy atom. The number of nitrogens with zero attached hydrogens (tertiary/aromatic N) is 7. The lowest BCUT2D eigenvalue weighted by Crippen LogP contribution is -2.36. The molecular weight excluding hydrogens is 446 g/mol. The van der Waals surface area contributed by atoms with Crippen molar-refractivity contribution in [1.29, 1.82) is 5.26 Å². The molecule has 0 bridgehead atoms. The standard InChI is InChI=1S/C25H26N7O3/c1-3-23(33)29-7-5-18(14-29)25(34)30-6-4-17(12-30)13-31-15-21(11-27-31)19-8-22(35-2)24-20(9-26)10-28-32(24)16-19/h3,8,10-11,13,15-18H,1,4-7,12,14H2,2H3/q+1/b31-13-/t17?,18-/m1/s1. The van der Waals surface area contributed by atoms with E-state index in [0.717, 1.165) is 17.6 Å². The van der Waals surface area contributed by atoms with Crippen LogP contribution in [0.3, 0.4) is 0 Å². The van der Waals surface area contributed by atoms with Gasteiger partial charge in [-0.15, -0.1) is 0 Å². The summed E-state index contributed by atoms with van der Waals surface area (Å²) in [6, 6.07) is 4.01. The number of pyridine rings is 1. The van der Waals surface area contributed by atoms with Gasteiger partial charge in [-0.1, -0.05) is 11.3 Å². The molecular formula is C25H26N7O3+. The normalized spacial score (nSPS) is 22.6. The van der Waals surface area contributed by atoms with Crippen molar-refractivity contribution in [1.82, 2.24) is 19.4 Å². The second-order valence-electron chi connectivity index (χ2n) is 8.93. The van der Waals surface area contributed by atoms with Crippen LogP contribution in [-0.2, 0) is 9.59 Å². The summed E-state index contributed by atoms with van der Waals surface area (Å²) in [4.78, 5) is 28.4. The van der Waals surface area contributed by atoms with Crippen LogP contribution in [0.2, 0.25) is 0 Å². The Bertz CT molecular complexity index is 1350. The first kappa shape index (κ1) is 22.5. The molecule has 2 aromatic heterocycles. The molecule has 2 fully saturated rings. The number of carbonyl (C=O) groups excluding carboxylic acids is 2. The van der Waals surface area contributed by atoms with Crippen LogP contribution in [0, 0.1) is 23.2 Å². The molecule has 5 heterocycles. The van der Waals surface area contributed by atoms with E-state index in [1.54, 1.807) is 27.4 Å². The summed E-state index contributed by atoms with van der Waals surface area (Å²) < 4.78 is 8.92. The van der Waals surface area contributed by atoms with E-state index in [0.29, 0.717) is 49.4 Å². The van der Waals surface area contributed by atoms with E-state index in [1.165, 1.54) is 12.3 Å². The SMILES string of the molecule is C=CC(=O)N1CC[C@@H](C(=O)N2CCC(/C=[N+]3/C=C(c4cc(OC)c5c(C#N)cnn5c4)C=N3)C2)C1. The molecule has 0 aliphatic carbocycles.